The van der Waals surface area contributed by atoms with Crippen molar-refractivity contribution in [2.45, 2.75) is 107 Å². The van der Waals surface area contributed by atoms with Crippen LogP contribution in [-0.4, -0.2) is 80.1 Å². The van der Waals surface area contributed by atoms with E-state index in [4.69, 9.17) is 9.84 Å². The van der Waals surface area contributed by atoms with Crippen molar-refractivity contribution < 1.29 is 35.1 Å². The van der Waals surface area contributed by atoms with Gasteiger partial charge in [-0.25, -0.2) is 0 Å². The molecule has 7 N–H and O–H groups in total. The highest BCUT2D eigenvalue weighted by Crippen LogP contribution is 2.50. The number of benzene rings is 2. The quantitative estimate of drug-likeness (QED) is 0.103. The lowest BCUT2D eigenvalue weighted by Gasteiger charge is -2.25. The van der Waals surface area contributed by atoms with Gasteiger partial charge in [-0.05, 0) is 91.3 Å². The Morgan fingerprint density at radius 3 is 2.41 bits per heavy atom. The maximum atomic E-state index is 12.4. The number of aliphatic hydroxyl groups excluding tert-OH is 5. The molecular formula is C37H51Cl2N3O7. The first kappa shape index (κ1) is 40.6. The van der Waals surface area contributed by atoms with Crippen molar-refractivity contribution in [3.8, 4) is 16.9 Å². The third-order valence-corrected chi connectivity index (χ3v) is 9.52. The van der Waals surface area contributed by atoms with Crippen LogP contribution in [0.4, 0.5) is 0 Å². The van der Waals surface area contributed by atoms with E-state index in [1.54, 1.807) is 0 Å². The zero-order chi connectivity index (χ0) is 33.6. The zero-order valence-corrected chi connectivity index (χ0v) is 29.8. The average molecular weight is 721 g/mol. The van der Waals surface area contributed by atoms with Crippen LogP contribution >= 0.6 is 24.8 Å². The molecule has 1 heterocycles. The van der Waals surface area contributed by atoms with Crippen molar-refractivity contribution in [2.75, 3.05) is 13.2 Å². The minimum Gasteiger partial charge on any atom is -0.490 e. The van der Waals surface area contributed by atoms with Gasteiger partial charge < -0.3 is 40.9 Å². The summed E-state index contributed by atoms with van der Waals surface area (Å²) in [6, 6.07) is 16.9. The highest BCUT2D eigenvalue weighted by atomic mass is 35.5. The molecule has 270 valence electrons. The van der Waals surface area contributed by atoms with Gasteiger partial charge in [-0.15, -0.1) is 24.8 Å². The Kier molecular flexibility index (Phi) is 15.3. The number of carbonyl (C=O) groups is 1. The van der Waals surface area contributed by atoms with Gasteiger partial charge >= 0.3 is 0 Å². The number of nitrogens with zero attached hydrogens (tertiary/aromatic N) is 1. The van der Waals surface area contributed by atoms with Gasteiger partial charge in [-0.1, -0.05) is 43.3 Å². The second-order valence-corrected chi connectivity index (χ2v) is 13.3. The van der Waals surface area contributed by atoms with Crippen LogP contribution in [0.3, 0.4) is 0 Å². The molecule has 0 spiro atoms. The predicted octanol–water partition coefficient (Wildman–Crippen LogP) is 4.05. The van der Waals surface area contributed by atoms with Gasteiger partial charge in [0.05, 0.1) is 18.8 Å². The van der Waals surface area contributed by atoms with Crippen molar-refractivity contribution in [1.82, 2.24) is 15.6 Å². The molecule has 49 heavy (non-hydrogen) atoms. The molecule has 0 bridgehead atoms. The Hall–Kier alpha value is -2.80. The van der Waals surface area contributed by atoms with E-state index >= 15 is 0 Å². The van der Waals surface area contributed by atoms with Gasteiger partial charge in [0.2, 0.25) is 5.91 Å². The Bertz CT molecular complexity index is 1500. The Labute approximate surface area is 301 Å². The number of para-hydroxylation sites is 1. The second-order valence-electron chi connectivity index (χ2n) is 13.3. The molecule has 1 aromatic heterocycles. The van der Waals surface area contributed by atoms with Crippen molar-refractivity contribution in [3.63, 3.8) is 0 Å². The number of aliphatic hydroxyl groups is 5. The monoisotopic (exact) mass is 719 g/mol. The lowest BCUT2D eigenvalue weighted by atomic mass is 9.91. The van der Waals surface area contributed by atoms with Crippen LogP contribution in [-0.2, 0) is 16.9 Å². The minimum atomic E-state index is -1.72. The lowest BCUT2D eigenvalue weighted by Crippen LogP contribution is -2.49. The first-order valence-electron chi connectivity index (χ1n) is 16.8. The summed E-state index contributed by atoms with van der Waals surface area (Å²) in [6.07, 6.45) is 3.66. The summed E-state index contributed by atoms with van der Waals surface area (Å²) in [4.78, 5) is 16.9. The van der Waals surface area contributed by atoms with E-state index < -0.39 is 31.0 Å². The van der Waals surface area contributed by atoms with Crippen LogP contribution < -0.4 is 15.4 Å². The fourth-order valence-corrected chi connectivity index (χ4v) is 6.01. The normalized spacial score (nSPS) is 17.8. The molecule has 0 saturated heterocycles. The fourth-order valence-electron chi connectivity index (χ4n) is 6.01. The lowest BCUT2D eigenvalue weighted by molar-refractivity contribution is -0.126. The summed E-state index contributed by atoms with van der Waals surface area (Å²) < 4.78 is 6.26. The third-order valence-electron chi connectivity index (χ3n) is 9.52. The summed E-state index contributed by atoms with van der Waals surface area (Å²) >= 11 is 0. The van der Waals surface area contributed by atoms with Gasteiger partial charge in [0.15, 0.2) is 0 Å². The number of nitrogens with one attached hydrogen (secondary N) is 2. The Balaban J connectivity index is 0.00000325. The first-order valence-corrected chi connectivity index (χ1v) is 16.8. The summed E-state index contributed by atoms with van der Waals surface area (Å²) in [5.41, 5.74) is 6.99. The number of carbonyl (C=O) groups excluding carboxylic acids is 1. The third kappa shape index (κ3) is 10.6. The maximum Gasteiger partial charge on any atom is 0.220 e. The molecule has 12 heteroatoms. The maximum absolute atomic E-state index is 12.4. The fraction of sp³-hybridized carbons (Fsp3) is 0.514. The number of pyridine rings is 1. The summed E-state index contributed by atoms with van der Waals surface area (Å²) in [5, 5.41) is 54.5. The van der Waals surface area contributed by atoms with Crippen LogP contribution in [0.25, 0.3) is 11.1 Å². The van der Waals surface area contributed by atoms with E-state index in [9.17, 15) is 25.2 Å². The molecule has 5 rings (SSSR count). The van der Waals surface area contributed by atoms with E-state index in [1.165, 1.54) is 22.3 Å². The Morgan fingerprint density at radius 1 is 1.00 bits per heavy atom. The molecule has 2 aromatic carbocycles. The molecule has 2 aliphatic carbocycles. The van der Waals surface area contributed by atoms with Crippen LogP contribution in [0.15, 0.2) is 60.9 Å². The van der Waals surface area contributed by atoms with Crippen LogP contribution in [0, 0.1) is 6.92 Å². The SMILES string of the molecule is Cc1ccc(C(C)CCCC(=O)NC[C@H](O)[C@@H](O)[C@H](O)[C@H](O)CO)cc1CNC1(c2cnccc2-c2ccccc2OC2CC2)CC1.Cl.Cl. The van der Waals surface area contributed by atoms with Crippen molar-refractivity contribution in [3.05, 3.63) is 83.2 Å². The first-order chi connectivity index (χ1) is 22.6. The molecule has 2 fully saturated rings. The number of aromatic nitrogens is 1. The molecular weight excluding hydrogens is 669 g/mol. The van der Waals surface area contributed by atoms with Gasteiger partial charge in [0.1, 0.15) is 24.1 Å². The molecule has 0 radical (unpaired) electrons. The molecule has 5 atom stereocenters. The largest absolute Gasteiger partial charge is 0.490 e. The summed E-state index contributed by atoms with van der Waals surface area (Å²) in [6.45, 7) is 3.97. The Morgan fingerprint density at radius 2 is 1.71 bits per heavy atom. The second kappa shape index (κ2) is 18.4. The van der Waals surface area contributed by atoms with E-state index in [2.05, 4.69) is 71.9 Å². The standard InChI is InChI=1S/C37H49N3O7.2ClH/c1-23(6-5-9-34(44)39-21-31(42)35(45)36(46)32(43)22-41)25-11-10-24(2)26(18-25)19-40-37(15-16-37)30-20-38-17-14-28(30)29-7-3-4-8-33(29)47-27-12-13-27;;/h3-4,7-8,10-11,14,17-18,20,23,27,31-32,35-36,40-43,45-46H,5-6,9,12-13,15-16,19,21-22H2,1-2H3,(H,39,44);2*1H/t23?,31-,32+,35+,36+;;/m0../s1. The summed E-state index contributed by atoms with van der Waals surface area (Å²) in [7, 11) is 0. The number of hydrogen-bond donors (Lipinski definition) is 7. The van der Waals surface area contributed by atoms with E-state index in [0.717, 1.165) is 55.5 Å². The molecule has 2 saturated carbocycles. The average Bonchev–Trinajstić information content (AvgIpc) is 4.03. The molecule has 0 aliphatic heterocycles. The molecule has 1 unspecified atom stereocenters. The van der Waals surface area contributed by atoms with E-state index in [-0.39, 0.29) is 55.1 Å². The van der Waals surface area contributed by atoms with Gasteiger partial charge in [0, 0.05) is 43.0 Å². The predicted molar refractivity (Wildman–Crippen MR) is 193 cm³/mol. The number of halogens is 2. The number of rotatable bonds is 18. The molecule has 3 aromatic rings. The number of amides is 1. The highest BCUT2D eigenvalue weighted by Gasteiger charge is 2.46. The van der Waals surface area contributed by atoms with Gasteiger partial charge in [0.25, 0.3) is 0 Å². The van der Waals surface area contributed by atoms with Crippen molar-refractivity contribution >= 4 is 30.7 Å². The summed E-state index contributed by atoms with van der Waals surface area (Å²) in [5.74, 6) is 0.882. The molecule has 10 nitrogen and oxygen atoms in total. The number of ether oxygens (including phenoxy) is 1. The van der Waals surface area contributed by atoms with Crippen molar-refractivity contribution in [1.29, 1.82) is 0 Å². The highest BCUT2D eigenvalue weighted by molar-refractivity contribution is 5.85. The zero-order valence-electron chi connectivity index (χ0n) is 28.1. The van der Waals surface area contributed by atoms with Crippen LogP contribution in [0.2, 0.25) is 0 Å². The van der Waals surface area contributed by atoms with Gasteiger partial charge in [-0.3, -0.25) is 9.78 Å². The van der Waals surface area contributed by atoms with Crippen LogP contribution in [0.1, 0.15) is 80.0 Å². The number of aryl methyl sites for hydroxylation is 1. The van der Waals surface area contributed by atoms with Gasteiger partial charge in [-0.2, -0.15) is 0 Å². The number of hydrogen-bond acceptors (Lipinski definition) is 9. The molecule has 2 aliphatic rings. The topological polar surface area (TPSA) is 164 Å². The minimum absolute atomic E-state index is 0. The molecule has 1 amide bonds. The van der Waals surface area contributed by atoms with Crippen LogP contribution in [0.5, 0.6) is 5.75 Å². The van der Waals surface area contributed by atoms with Crippen molar-refractivity contribution in [2.24, 2.45) is 0 Å². The van der Waals surface area contributed by atoms with E-state index in [0.29, 0.717) is 12.5 Å². The smallest absolute Gasteiger partial charge is 0.220 e. The van der Waals surface area contributed by atoms with E-state index in [1.807, 2.05) is 18.5 Å².